The Morgan fingerprint density at radius 1 is 1.29 bits per heavy atom. The zero-order valence-electron chi connectivity index (χ0n) is 16.5. The molecule has 3 atom stereocenters. The van der Waals surface area contributed by atoms with Gasteiger partial charge >= 0.3 is 6.18 Å². The molecule has 4 heterocycles. The molecular weight excluding hydrogens is 418 g/mol. The summed E-state index contributed by atoms with van der Waals surface area (Å²) < 4.78 is 55.6. The number of nitrogens with one attached hydrogen (secondary N) is 2. The molecule has 11 heteroatoms. The summed E-state index contributed by atoms with van der Waals surface area (Å²) in [5, 5.41) is 25.7. The summed E-state index contributed by atoms with van der Waals surface area (Å²) >= 11 is 0. The third-order valence-electron chi connectivity index (χ3n) is 5.46. The molecule has 1 aliphatic rings. The van der Waals surface area contributed by atoms with Crippen LogP contribution in [0.1, 0.15) is 18.1 Å². The standard InChI is InChI=1S/C20H21F4N5O2/c1-19(31,20(22,23)24)12-9-29-16(8-26-18(29)5-11(12)10-30)14-3-2-4-17(27-14)28-15-7-25-6-13(15)21/h2-5,8-9,13,15,25,30-31H,6-7,10H2,1H3,(H,27,28)/t13-,15-,19?/m1/s1. The molecule has 3 aromatic rings. The van der Waals surface area contributed by atoms with Gasteiger partial charge in [0.2, 0.25) is 0 Å². The second-order valence-electron chi connectivity index (χ2n) is 7.65. The van der Waals surface area contributed by atoms with Crippen LogP contribution in [-0.4, -0.2) is 56.1 Å². The average molecular weight is 439 g/mol. The van der Waals surface area contributed by atoms with Gasteiger partial charge in [-0.15, -0.1) is 0 Å². The van der Waals surface area contributed by atoms with E-state index in [0.717, 1.165) is 6.20 Å². The Labute approximate surface area is 174 Å². The SMILES string of the molecule is CC(O)(c1cn2c(-c3cccc(N[C@@H]4CNC[C@H]4F)n3)cnc2cc1CO)C(F)(F)F. The highest BCUT2D eigenvalue weighted by Gasteiger charge is 2.52. The molecule has 1 unspecified atom stereocenters. The molecule has 0 aliphatic carbocycles. The van der Waals surface area contributed by atoms with Crippen molar-refractivity contribution in [3.8, 4) is 11.4 Å². The zero-order valence-corrected chi connectivity index (χ0v) is 16.5. The summed E-state index contributed by atoms with van der Waals surface area (Å²) in [7, 11) is 0. The largest absolute Gasteiger partial charge is 0.421 e. The molecule has 0 saturated carbocycles. The van der Waals surface area contributed by atoms with E-state index in [1.807, 2.05) is 0 Å². The number of hydrogen-bond acceptors (Lipinski definition) is 6. The van der Waals surface area contributed by atoms with Crippen LogP contribution in [0.2, 0.25) is 0 Å². The lowest BCUT2D eigenvalue weighted by molar-refractivity contribution is -0.259. The second kappa shape index (κ2) is 7.74. The number of imidazole rings is 1. The van der Waals surface area contributed by atoms with Crippen molar-refractivity contribution in [1.29, 1.82) is 0 Å². The van der Waals surface area contributed by atoms with Crippen molar-refractivity contribution in [2.24, 2.45) is 0 Å². The molecule has 0 radical (unpaired) electrons. The van der Waals surface area contributed by atoms with E-state index < -0.39 is 36.2 Å². The van der Waals surface area contributed by atoms with E-state index in [2.05, 4.69) is 20.6 Å². The van der Waals surface area contributed by atoms with Gasteiger partial charge in [-0.1, -0.05) is 6.07 Å². The molecule has 0 spiro atoms. The number of halogens is 4. The lowest BCUT2D eigenvalue weighted by Gasteiger charge is -2.28. The van der Waals surface area contributed by atoms with E-state index in [1.54, 1.807) is 18.2 Å². The molecule has 3 aromatic heterocycles. The lowest BCUT2D eigenvalue weighted by atomic mass is 9.92. The first-order valence-electron chi connectivity index (χ1n) is 9.61. The van der Waals surface area contributed by atoms with Crippen LogP contribution < -0.4 is 10.6 Å². The zero-order chi connectivity index (χ0) is 22.4. The summed E-state index contributed by atoms with van der Waals surface area (Å²) in [6, 6.07) is 5.86. The molecule has 0 aromatic carbocycles. The number of rotatable bonds is 5. The van der Waals surface area contributed by atoms with Crippen LogP contribution in [0, 0.1) is 0 Å². The molecule has 1 saturated heterocycles. The third-order valence-corrected chi connectivity index (χ3v) is 5.46. The van der Waals surface area contributed by atoms with Crippen molar-refractivity contribution in [1.82, 2.24) is 19.7 Å². The summed E-state index contributed by atoms with van der Waals surface area (Å²) in [4.78, 5) is 8.64. The minimum Gasteiger partial charge on any atom is -0.392 e. The van der Waals surface area contributed by atoms with E-state index in [-0.39, 0.29) is 17.8 Å². The fourth-order valence-electron chi connectivity index (χ4n) is 3.61. The van der Waals surface area contributed by atoms with Crippen LogP contribution in [0.25, 0.3) is 17.0 Å². The Morgan fingerprint density at radius 2 is 2.06 bits per heavy atom. The first kappa shape index (κ1) is 21.5. The van der Waals surface area contributed by atoms with Gasteiger partial charge in [-0.3, -0.25) is 4.40 Å². The fourth-order valence-corrected chi connectivity index (χ4v) is 3.61. The minimum atomic E-state index is -4.95. The Bertz CT molecular complexity index is 1100. The van der Waals surface area contributed by atoms with Gasteiger partial charge in [0.05, 0.1) is 30.2 Å². The van der Waals surface area contributed by atoms with Crippen LogP contribution in [-0.2, 0) is 12.2 Å². The Kier molecular flexibility index (Phi) is 5.36. The van der Waals surface area contributed by atoms with Gasteiger partial charge in [-0.05, 0) is 30.7 Å². The third kappa shape index (κ3) is 3.84. The number of alkyl halides is 4. The number of aliphatic hydroxyl groups excluding tert-OH is 1. The number of aromatic nitrogens is 3. The molecular formula is C20H21F4N5O2. The Morgan fingerprint density at radius 3 is 2.71 bits per heavy atom. The Hall–Kier alpha value is -2.76. The lowest BCUT2D eigenvalue weighted by Crippen LogP contribution is -2.40. The molecule has 166 valence electrons. The monoisotopic (exact) mass is 439 g/mol. The van der Waals surface area contributed by atoms with Crippen molar-refractivity contribution in [2.45, 2.75) is 37.5 Å². The summed E-state index contributed by atoms with van der Waals surface area (Å²) in [6.07, 6.45) is -3.47. The maximum absolute atomic E-state index is 13.9. The van der Waals surface area contributed by atoms with Gasteiger partial charge in [-0.2, -0.15) is 13.2 Å². The van der Waals surface area contributed by atoms with Crippen molar-refractivity contribution >= 4 is 11.5 Å². The van der Waals surface area contributed by atoms with E-state index in [0.29, 0.717) is 30.7 Å². The predicted molar refractivity (Wildman–Crippen MR) is 105 cm³/mol. The van der Waals surface area contributed by atoms with Gasteiger partial charge in [0.1, 0.15) is 17.6 Å². The van der Waals surface area contributed by atoms with Gasteiger partial charge < -0.3 is 20.8 Å². The van der Waals surface area contributed by atoms with Crippen LogP contribution in [0.3, 0.4) is 0 Å². The predicted octanol–water partition coefficient (Wildman–Crippen LogP) is 2.38. The second-order valence-corrected chi connectivity index (χ2v) is 7.65. The van der Waals surface area contributed by atoms with E-state index in [4.69, 9.17) is 0 Å². The summed E-state index contributed by atoms with van der Waals surface area (Å²) in [5.41, 5.74) is -2.69. The van der Waals surface area contributed by atoms with E-state index in [1.165, 1.54) is 16.7 Å². The average Bonchev–Trinajstić information content (AvgIpc) is 3.32. The topological polar surface area (TPSA) is 94.7 Å². The molecule has 7 nitrogen and oxygen atoms in total. The fraction of sp³-hybridized carbons (Fsp3) is 0.400. The van der Waals surface area contributed by atoms with Gasteiger partial charge in [-0.25, -0.2) is 14.4 Å². The highest BCUT2D eigenvalue weighted by molar-refractivity contribution is 5.63. The number of aliphatic hydroxyl groups is 2. The van der Waals surface area contributed by atoms with Gasteiger partial charge in [0, 0.05) is 24.8 Å². The maximum atomic E-state index is 13.9. The molecule has 4 rings (SSSR count). The van der Waals surface area contributed by atoms with E-state index in [9.17, 15) is 27.8 Å². The van der Waals surface area contributed by atoms with Crippen molar-refractivity contribution < 1.29 is 27.8 Å². The van der Waals surface area contributed by atoms with Gasteiger partial charge in [0.25, 0.3) is 0 Å². The molecule has 4 N–H and O–H groups in total. The smallest absolute Gasteiger partial charge is 0.392 e. The quantitative estimate of drug-likeness (QED) is 0.456. The Balaban J connectivity index is 1.77. The normalized spacial score (nSPS) is 21.4. The molecule has 1 aliphatic heterocycles. The van der Waals surface area contributed by atoms with Crippen LogP contribution in [0.15, 0.2) is 36.7 Å². The maximum Gasteiger partial charge on any atom is 0.421 e. The van der Waals surface area contributed by atoms with Crippen molar-refractivity contribution in [2.75, 3.05) is 18.4 Å². The van der Waals surface area contributed by atoms with Crippen LogP contribution in [0.4, 0.5) is 23.4 Å². The van der Waals surface area contributed by atoms with Gasteiger partial charge in [0.15, 0.2) is 5.60 Å². The number of anilines is 1. The molecule has 31 heavy (non-hydrogen) atoms. The highest BCUT2D eigenvalue weighted by atomic mass is 19.4. The number of nitrogens with zero attached hydrogens (tertiary/aromatic N) is 3. The molecule has 0 bridgehead atoms. The summed E-state index contributed by atoms with van der Waals surface area (Å²) in [6.45, 7) is 0.635. The van der Waals surface area contributed by atoms with Crippen molar-refractivity contribution in [3.63, 3.8) is 0 Å². The summed E-state index contributed by atoms with van der Waals surface area (Å²) in [5.74, 6) is 0.415. The van der Waals surface area contributed by atoms with E-state index >= 15 is 0 Å². The van der Waals surface area contributed by atoms with Crippen LogP contribution >= 0.6 is 0 Å². The molecule has 0 amide bonds. The number of pyridine rings is 2. The highest BCUT2D eigenvalue weighted by Crippen LogP contribution is 2.40. The number of hydrogen-bond donors (Lipinski definition) is 4. The first-order valence-corrected chi connectivity index (χ1v) is 9.61. The van der Waals surface area contributed by atoms with Crippen LogP contribution in [0.5, 0.6) is 0 Å². The molecule has 1 fully saturated rings. The number of fused-ring (bicyclic) bond motifs is 1. The first-order chi connectivity index (χ1) is 14.6. The minimum absolute atomic E-state index is 0.0851. The van der Waals surface area contributed by atoms with Crippen molar-refractivity contribution in [3.05, 3.63) is 47.8 Å².